The molecule has 0 amide bonds. The van der Waals surface area contributed by atoms with Gasteiger partial charge in [0, 0.05) is 24.2 Å². The molecule has 0 atom stereocenters. The fraction of sp³-hybridized carbons (Fsp3) is 0.0435. The van der Waals surface area contributed by atoms with Gasteiger partial charge in [0.25, 0.3) is 5.56 Å². The summed E-state index contributed by atoms with van der Waals surface area (Å²) >= 11 is 1.63. The molecule has 0 saturated carbocycles. The number of aliphatic imine (C=N–C) groups is 1. The lowest BCUT2D eigenvalue weighted by atomic mass is 10.00. The number of hydrogen-bond donors (Lipinski definition) is 0. The molecule has 0 N–H and O–H groups in total. The number of hydrogen-bond acceptors (Lipinski definition) is 3. The molecule has 130 valence electrons. The average molecular weight is 368 g/mol. The van der Waals surface area contributed by atoms with Crippen molar-refractivity contribution in [3.05, 3.63) is 88.7 Å². The van der Waals surface area contributed by atoms with Crippen LogP contribution in [0.4, 0.5) is 0 Å². The summed E-state index contributed by atoms with van der Waals surface area (Å²) < 4.78 is 2.92. The molecule has 0 unspecified atom stereocenters. The summed E-state index contributed by atoms with van der Waals surface area (Å²) in [5.74, 6) is 0. The summed E-state index contributed by atoms with van der Waals surface area (Å²) in [6.07, 6.45) is 1.86. The molecule has 4 heteroatoms. The van der Waals surface area contributed by atoms with Gasteiger partial charge in [0.05, 0.1) is 10.2 Å². The van der Waals surface area contributed by atoms with Crippen LogP contribution in [0.1, 0.15) is 5.56 Å². The standard InChI is InChI=1S/C23H16N2OS/c1-24-14-19-18-13-16(15-7-3-2-4-8-15)11-12-17(18)22(26)25-20-9-5-6-10-21(20)27-23(19)25/h2-14H,1H3. The molecule has 2 aromatic heterocycles. The van der Waals surface area contributed by atoms with Gasteiger partial charge in [0.1, 0.15) is 4.83 Å². The Kier molecular flexibility index (Phi) is 3.66. The van der Waals surface area contributed by atoms with Crippen LogP contribution >= 0.6 is 11.3 Å². The van der Waals surface area contributed by atoms with Crippen LogP contribution in [0, 0.1) is 0 Å². The van der Waals surface area contributed by atoms with E-state index in [-0.39, 0.29) is 5.56 Å². The van der Waals surface area contributed by atoms with Crippen molar-refractivity contribution in [2.45, 2.75) is 0 Å². The summed E-state index contributed by atoms with van der Waals surface area (Å²) in [7, 11) is 1.77. The number of benzene rings is 3. The lowest BCUT2D eigenvalue weighted by Gasteiger charge is -2.08. The van der Waals surface area contributed by atoms with Gasteiger partial charge in [0.15, 0.2) is 0 Å². The number of thiazole rings is 1. The van der Waals surface area contributed by atoms with Gasteiger partial charge >= 0.3 is 0 Å². The van der Waals surface area contributed by atoms with Crippen molar-refractivity contribution in [1.29, 1.82) is 0 Å². The van der Waals surface area contributed by atoms with Crippen LogP contribution in [0.25, 0.3) is 36.9 Å². The molecule has 0 saturated heterocycles. The minimum atomic E-state index is 0.0188. The van der Waals surface area contributed by atoms with Crippen molar-refractivity contribution >= 4 is 43.4 Å². The average Bonchev–Trinajstić information content (AvgIpc) is 3.11. The molecule has 0 radical (unpaired) electrons. The highest BCUT2D eigenvalue weighted by molar-refractivity contribution is 7.24. The Balaban J connectivity index is 1.96. The normalized spacial score (nSPS) is 11.9. The van der Waals surface area contributed by atoms with Crippen LogP contribution in [0.5, 0.6) is 0 Å². The highest BCUT2D eigenvalue weighted by Gasteiger charge is 2.15. The van der Waals surface area contributed by atoms with Gasteiger partial charge in [-0.2, -0.15) is 0 Å². The molecule has 2 heterocycles. The first-order chi connectivity index (χ1) is 13.3. The van der Waals surface area contributed by atoms with E-state index in [1.807, 2.05) is 59.1 Å². The maximum Gasteiger partial charge on any atom is 0.264 e. The largest absolute Gasteiger partial charge is 0.296 e. The number of nitrogens with zero attached hydrogens (tertiary/aromatic N) is 2. The molecule has 27 heavy (non-hydrogen) atoms. The van der Waals surface area contributed by atoms with Crippen LogP contribution in [0.3, 0.4) is 0 Å². The fourth-order valence-electron chi connectivity index (χ4n) is 3.62. The molecule has 0 spiro atoms. The van der Waals surface area contributed by atoms with E-state index >= 15 is 0 Å². The third kappa shape index (κ3) is 2.41. The third-order valence-corrected chi connectivity index (χ3v) is 6.02. The predicted octanol–water partition coefficient (Wildman–Crippen LogP) is 5.38. The maximum atomic E-state index is 13.3. The van der Waals surface area contributed by atoms with Crippen molar-refractivity contribution in [3.8, 4) is 11.1 Å². The summed E-state index contributed by atoms with van der Waals surface area (Å²) in [6.45, 7) is 0. The van der Waals surface area contributed by atoms with Crippen LogP contribution in [0.2, 0.25) is 0 Å². The van der Waals surface area contributed by atoms with Gasteiger partial charge in [-0.3, -0.25) is 14.2 Å². The maximum absolute atomic E-state index is 13.3. The molecule has 3 aromatic carbocycles. The van der Waals surface area contributed by atoms with Gasteiger partial charge in [-0.05, 0) is 40.8 Å². The fourth-order valence-corrected chi connectivity index (χ4v) is 4.78. The number of para-hydroxylation sites is 1. The first-order valence-corrected chi connectivity index (χ1v) is 9.57. The Hall–Kier alpha value is -3.24. The summed E-state index contributed by atoms with van der Waals surface area (Å²) in [6, 6.07) is 24.3. The smallest absolute Gasteiger partial charge is 0.264 e. The van der Waals surface area contributed by atoms with E-state index in [0.717, 1.165) is 37.1 Å². The Morgan fingerprint density at radius 3 is 2.48 bits per heavy atom. The van der Waals surface area contributed by atoms with Crippen LogP contribution in [0.15, 0.2) is 82.6 Å². The van der Waals surface area contributed by atoms with Gasteiger partial charge in [-0.25, -0.2) is 0 Å². The van der Waals surface area contributed by atoms with Crippen LogP contribution in [-0.2, 0) is 0 Å². The van der Waals surface area contributed by atoms with Crippen molar-refractivity contribution in [1.82, 2.24) is 4.40 Å². The second kappa shape index (κ2) is 6.18. The van der Waals surface area contributed by atoms with Gasteiger partial charge < -0.3 is 0 Å². The molecular weight excluding hydrogens is 352 g/mol. The molecule has 0 aliphatic heterocycles. The second-order valence-corrected chi connectivity index (χ2v) is 7.47. The quantitative estimate of drug-likeness (QED) is 0.385. The Labute approximate surface area is 159 Å². The lowest BCUT2D eigenvalue weighted by molar-refractivity contribution is 1.20. The van der Waals surface area contributed by atoms with Crippen LogP contribution in [-0.4, -0.2) is 17.7 Å². The summed E-state index contributed by atoms with van der Waals surface area (Å²) in [4.78, 5) is 18.5. The Bertz CT molecular complexity index is 1390. The molecule has 0 bridgehead atoms. The summed E-state index contributed by atoms with van der Waals surface area (Å²) in [5, 5.41) is 1.66. The zero-order valence-electron chi connectivity index (χ0n) is 14.7. The van der Waals surface area contributed by atoms with Crippen LogP contribution < -0.4 is 5.56 Å². The van der Waals surface area contributed by atoms with Crippen molar-refractivity contribution in [2.75, 3.05) is 7.05 Å². The van der Waals surface area contributed by atoms with Crippen molar-refractivity contribution in [3.63, 3.8) is 0 Å². The number of pyridine rings is 1. The highest BCUT2D eigenvalue weighted by atomic mass is 32.1. The lowest BCUT2D eigenvalue weighted by Crippen LogP contribution is -2.14. The first-order valence-electron chi connectivity index (χ1n) is 8.75. The number of aromatic nitrogens is 1. The molecule has 5 rings (SSSR count). The Morgan fingerprint density at radius 1 is 0.889 bits per heavy atom. The molecular formula is C23H16N2OS. The summed E-state index contributed by atoms with van der Waals surface area (Å²) in [5.41, 5.74) is 4.19. The highest BCUT2D eigenvalue weighted by Crippen LogP contribution is 2.32. The van der Waals surface area contributed by atoms with Gasteiger partial charge in [0.2, 0.25) is 0 Å². The molecule has 0 aliphatic carbocycles. The number of rotatable bonds is 2. The topological polar surface area (TPSA) is 33.8 Å². The second-order valence-electron chi connectivity index (χ2n) is 6.44. The SMILES string of the molecule is CN=Cc1c2cc(-c3ccccc3)ccc2c(=O)n2c1sc1ccccc12. The monoisotopic (exact) mass is 368 g/mol. The van der Waals surface area contributed by atoms with E-state index in [0.29, 0.717) is 5.39 Å². The van der Waals surface area contributed by atoms with Crippen molar-refractivity contribution in [2.24, 2.45) is 4.99 Å². The zero-order chi connectivity index (χ0) is 18.4. The van der Waals surface area contributed by atoms with Crippen molar-refractivity contribution < 1.29 is 0 Å². The van der Waals surface area contributed by atoms with E-state index < -0.39 is 0 Å². The minimum Gasteiger partial charge on any atom is -0.296 e. The van der Waals surface area contributed by atoms with E-state index in [1.54, 1.807) is 18.4 Å². The molecule has 0 fully saturated rings. The third-order valence-electron chi connectivity index (χ3n) is 4.85. The van der Waals surface area contributed by atoms with Gasteiger partial charge in [-0.15, -0.1) is 11.3 Å². The molecule has 0 aliphatic rings. The zero-order valence-corrected chi connectivity index (χ0v) is 15.5. The van der Waals surface area contributed by atoms with E-state index in [9.17, 15) is 4.79 Å². The first kappa shape index (κ1) is 16.0. The number of fused-ring (bicyclic) bond motifs is 4. The molecule has 3 nitrogen and oxygen atoms in total. The predicted molar refractivity (Wildman–Crippen MR) is 116 cm³/mol. The van der Waals surface area contributed by atoms with Gasteiger partial charge in [-0.1, -0.05) is 48.5 Å². The molecule has 5 aromatic rings. The minimum absolute atomic E-state index is 0.0188. The van der Waals surface area contributed by atoms with E-state index in [4.69, 9.17) is 0 Å². The van der Waals surface area contributed by atoms with E-state index in [1.165, 1.54) is 0 Å². The van der Waals surface area contributed by atoms with E-state index in [2.05, 4.69) is 29.3 Å². The Morgan fingerprint density at radius 2 is 1.67 bits per heavy atom.